The van der Waals surface area contributed by atoms with E-state index in [1.807, 2.05) is 0 Å². The summed E-state index contributed by atoms with van der Waals surface area (Å²) in [5.41, 5.74) is 11.1. The monoisotopic (exact) mass is 415 g/mol. The molecule has 0 aliphatic heterocycles. The maximum absolute atomic E-state index is 11.9. The number of rotatable bonds is 7. The Hall–Kier alpha value is -3.49. The number of nitrogens with two attached hydrogens (primary N) is 1. The Bertz CT molecular complexity index is 907. The van der Waals surface area contributed by atoms with Gasteiger partial charge in [0.1, 0.15) is 11.5 Å². The fraction of sp³-hybridized carbons (Fsp3) is 0.381. The Morgan fingerprint density at radius 2 is 1.53 bits per heavy atom. The number of benzene rings is 1. The molecule has 5 N–H and O–H groups in total. The van der Waals surface area contributed by atoms with E-state index in [1.165, 1.54) is 16.7 Å². The third-order valence-corrected chi connectivity index (χ3v) is 4.35. The summed E-state index contributed by atoms with van der Waals surface area (Å²) in [6.07, 6.45) is -1.38. The van der Waals surface area contributed by atoms with Crippen LogP contribution in [0, 0.1) is 20.8 Å². The third kappa shape index (κ3) is 6.00. The van der Waals surface area contributed by atoms with Gasteiger partial charge in [-0.3, -0.25) is 10.6 Å². The molecule has 0 aliphatic carbocycles. The van der Waals surface area contributed by atoms with E-state index < -0.39 is 12.2 Å². The lowest BCUT2D eigenvalue weighted by molar-refractivity contribution is 0.166. The van der Waals surface area contributed by atoms with Gasteiger partial charge in [-0.25, -0.2) is 14.6 Å². The molecule has 0 bridgehead atoms. The quantitative estimate of drug-likeness (QED) is 0.530. The molecule has 162 valence electrons. The molecular formula is C21H29N5O4. The molecule has 2 rings (SSSR count). The van der Waals surface area contributed by atoms with Crippen LogP contribution in [0.4, 0.5) is 32.6 Å². The van der Waals surface area contributed by atoms with Crippen LogP contribution in [0.25, 0.3) is 0 Å². The van der Waals surface area contributed by atoms with E-state index in [9.17, 15) is 9.59 Å². The summed E-state index contributed by atoms with van der Waals surface area (Å²) in [6.45, 7) is 10.4. The van der Waals surface area contributed by atoms with Gasteiger partial charge in [-0.1, -0.05) is 17.7 Å². The highest BCUT2D eigenvalue weighted by Gasteiger charge is 2.17. The number of aryl methyl sites for hydroxylation is 3. The maximum atomic E-state index is 11.9. The molecule has 0 radical (unpaired) electrons. The number of nitrogens with zero attached hydrogens (tertiary/aromatic N) is 1. The van der Waals surface area contributed by atoms with Crippen molar-refractivity contribution in [3.8, 4) is 0 Å². The van der Waals surface area contributed by atoms with Gasteiger partial charge in [0.05, 0.1) is 18.9 Å². The van der Waals surface area contributed by atoms with Crippen LogP contribution in [0.1, 0.15) is 36.1 Å². The van der Waals surface area contributed by atoms with Crippen molar-refractivity contribution in [3.63, 3.8) is 0 Å². The van der Waals surface area contributed by atoms with Crippen LogP contribution in [0.15, 0.2) is 18.2 Å². The van der Waals surface area contributed by atoms with E-state index in [4.69, 9.17) is 15.2 Å². The highest BCUT2D eigenvalue weighted by Crippen LogP contribution is 2.31. The van der Waals surface area contributed by atoms with E-state index in [0.717, 1.165) is 5.56 Å². The minimum Gasteiger partial charge on any atom is -0.450 e. The topological polar surface area (TPSA) is 128 Å². The zero-order chi connectivity index (χ0) is 22.3. The molecule has 0 atom stereocenters. The molecule has 1 aromatic carbocycles. The molecule has 1 aromatic heterocycles. The Kier molecular flexibility index (Phi) is 7.85. The summed E-state index contributed by atoms with van der Waals surface area (Å²) in [5.74, 6) is 0.463. The number of anilines is 4. The Morgan fingerprint density at radius 3 is 2.10 bits per heavy atom. The predicted molar refractivity (Wildman–Crippen MR) is 118 cm³/mol. The number of pyridine rings is 1. The van der Waals surface area contributed by atoms with Gasteiger partial charge in [0.25, 0.3) is 0 Å². The lowest BCUT2D eigenvalue weighted by Gasteiger charge is -2.17. The second kappa shape index (κ2) is 10.3. The number of carbonyl (C=O) groups excluding carboxylic acids is 2. The van der Waals surface area contributed by atoms with Gasteiger partial charge in [0.15, 0.2) is 5.82 Å². The number of nitrogens with one attached hydrogen (secondary N) is 3. The van der Waals surface area contributed by atoms with Crippen molar-refractivity contribution in [3.05, 3.63) is 40.5 Å². The first-order valence-corrected chi connectivity index (χ1v) is 9.73. The van der Waals surface area contributed by atoms with E-state index in [1.54, 1.807) is 19.9 Å². The number of hydrogen-bond acceptors (Lipinski definition) is 7. The van der Waals surface area contributed by atoms with Crippen molar-refractivity contribution in [1.29, 1.82) is 0 Å². The molecule has 9 heteroatoms. The first kappa shape index (κ1) is 22.8. The van der Waals surface area contributed by atoms with Gasteiger partial charge in [-0.15, -0.1) is 0 Å². The lowest BCUT2D eigenvalue weighted by Crippen LogP contribution is -2.20. The van der Waals surface area contributed by atoms with Crippen LogP contribution in [0.3, 0.4) is 0 Å². The molecule has 0 spiro atoms. The predicted octanol–water partition coefficient (Wildman–Crippen LogP) is 4.34. The molecule has 30 heavy (non-hydrogen) atoms. The van der Waals surface area contributed by atoms with Crippen LogP contribution >= 0.6 is 0 Å². The average molecular weight is 415 g/mol. The van der Waals surface area contributed by atoms with Crippen LogP contribution in [-0.4, -0.2) is 30.4 Å². The van der Waals surface area contributed by atoms with Crippen molar-refractivity contribution in [2.45, 2.75) is 41.2 Å². The fourth-order valence-electron chi connectivity index (χ4n) is 3.10. The van der Waals surface area contributed by atoms with E-state index in [-0.39, 0.29) is 30.4 Å². The van der Waals surface area contributed by atoms with Crippen molar-refractivity contribution in [1.82, 2.24) is 4.98 Å². The normalized spacial score (nSPS) is 10.3. The number of nitrogen functional groups attached to an aromatic ring is 1. The summed E-state index contributed by atoms with van der Waals surface area (Å²) in [4.78, 5) is 28.1. The minimum atomic E-state index is -0.704. The van der Waals surface area contributed by atoms with Crippen LogP contribution in [0.2, 0.25) is 0 Å². The van der Waals surface area contributed by atoms with E-state index >= 15 is 0 Å². The van der Waals surface area contributed by atoms with Crippen molar-refractivity contribution >= 4 is 35.2 Å². The molecule has 0 fully saturated rings. The molecule has 0 saturated carbocycles. The summed E-state index contributed by atoms with van der Waals surface area (Å²) in [5, 5.41) is 8.31. The average Bonchev–Trinajstić information content (AvgIpc) is 2.64. The molecule has 9 nitrogen and oxygen atoms in total. The standard InChI is InChI=1S/C21H29N5O4/c1-6-29-20(27)24-16-10-17(25-19(22)18(16)26-21(28)30-7-2)23-11-15-13(4)8-12(3)9-14(15)5/h8-10H,6-7,11H2,1-5H3,(H,26,28)(H4,22,23,24,25,27). The van der Waals surface area contributed by atoms with Crippen LogP contribution in [-0.2, 0) is 16.0 Å². The van der Waals surface area contributed by atoms with Crippen molar-refractivity contribution < 1.29 is 19.1 Å². The first-order chi connectivity index (χ1) is 14.2. The van der Waals surface area contributed by atoms with Gasteiger partial charge < -0.3 is 20.5 Å². The highest BCUT2D eigenvalue weighted by atomic mass is 16.6. The molecule has 1 heterocycles. The number of amides is 2. The lowest BCUT2D eigenvalue weighted by atomic mass is 10.00. The van der Waals surface area contributed by atoms with Crippen LogP contribution < -0.4 is 21.7 Å². The first-order valence-electron chi connectivity index (χ1n) is 9.73. The second-order valence-electron chi connectivity index (χ2n) is 6.74. The van der Waals surface area contributed by atoms with Crippen molar-refractivity contribution in [2.24, 2.45) is 0 Å². The van der Waals surface area contributed by atoms with Gasteiger partial charge in [-0.05, 0) is 51.3 Å². The third-order valence-electron chi connectivity index (χ3n) is 4.35. The van der Waals surface area contributed by atoms with Crippen molar-refractivity contribution in [2.75, 3.05) is 34.9 Å². The molecule has 0 saturated heterocycles. The SMILES string of the molecule is CCOC(=O)Nc1cc(NCc2c(C)cc(C)cc2C)nc(N)c1NC(=O)OCC. The zero-order valence-electron chi connectivity index (χ0n) is 18.0. The Balaban J connectivity index is 2.31. The number of hydrogen-bond donors (Lipinski definition) is 4. The molecule has 2 aromatic rings. The molecular weight excluding hydrogens is 386 g/mol. The largest absolute Gasteiger partial charge is 0.450 e. The van der Waals surface area contributed by atoms with Crippen LogP contribution in [0.5, 0.6) is 0 Å². The Labute approximate surface area is 176 Å². The van der Waals surface area contributed by atoms with Gasteiger partial charge in [0, 0.05) is 12.6 Å². The molecule has 2 amide bonds. The molecule has 0 unspecified atom stereocenters. The van der Waals surface area contributed by atoms with E-state index in [2.05, 4.69) is 53.8 Å². The zero-order valence-corrected chi connectivity index (χ0v) is 18.0. The summed E-state index contributed by atoms with van der Waals surface area (Å²) >= 11 is 0. The number of aromatic nitrogens is 1. The second-order valence-corrected chi connectivity index (χ2v) is 6.74. The van der Waals surface area contributed by atoms with E-state index in [0.29, 0.717) is 12.4 Å². The fourth-order valence-corrected chi connectivity index (χ4v) is 3.10. The summed E-state index contributed by atoms with van der Waals surface area (Å²) in [6, 6.07) is 5.81. The minimum absolute atomic E-state index is 0.0252. The summed E-state index contributed by atoms with van der Waals surface area (Å²) in [7, 11) is 0. The number of carbonyl (C=O) groups is 2. The Morgan fingerprint density at radius 1 is 0.967 bits per heavy atom. The van der Waals surface area contributed by atoms with Gasteiger partial charge in [-0.2, -0.15) is 0 Å². The summed E-state index contributed by atoms with van der Waals surface area (Å²) < 4.78 is 9.82. The van der Waals surface area contributed by atoms with Gasteiger partial charge >= 0.3 is 12.2 Å². The maximum Gasteiger partial charge on any atom is 0.411 e. The number of ether oxygens (including phenoxy) is 2. The smallest absolute Gasteiger partial charge is 0.411 e. The van der Waals surface area contributed by atoms with Gasteiger partial charge in [0.2, 0.25) is 0 Å². The highest BCUT2D eigenvalue weighted by molar-refractivity contribution is 5.99. The molecule has 0 aliphatic rings.